The first-order chi connectivity index (χ1) is 15.1. The van der Waals surface area contributed by atoms with E-state index in [9.17, 15) is 0 Å². The number of nitrogens with one attached hydrogen (secondary N) is 1. The first-order valence-corrected chi connectivity index (χ1v) is 13.4. The van der Waals surface area contributed by atoms with Crippen molar-refractivity contribution in [2.24, 2.45) is 5.73 Å². The second-order valence-corrected chi connectivity index (χ2v) is 8.91. The summed E-state index contributed by atoms with van der Waals surface area (Å²) in [7, 11) is 0. The van der Waals surface area contributed by atoms with Gasteiger partial charge in [-0.25, -0.2) is 0 Å². The van der Waals surface area contributed by atoms with Gasteiger partial charge in [0.25, 0.3) is 0 Å². The van der Waals surface area contributed by atoms with Gasteiger partial charge in [-0.15, -0.1) is 0 Å². The molecule has 0 spiro atoms. The SMILES string of the molecule is CCCN(CCC)CCN(CCC)CCN(CCNCCN)CCN(CCC)CCC. The van der Waals surface area contributed by atoms with Crippen LogP contribution in [0.4, 0.5) is 0 Å². The van der Waals surface area contributed by atoms with Crippen LogP contribution in [0.5, 0.6) is 0 Å². The fraction of sp³-hybridized carbons (Fsp3) is 1.00. The molecule has 3 N–H and O–H groups in total. The van der Waals surface area contributed by atoms with E-state index in [1.807, 2.05) is 0 Å². The Kier molecular flexibility index (Phi) is 22.8. The summed E-state index contributed by atoms with van der Waals surface area (Å²) in [5.74, 6) is 0. The van der Waals surface area contributed by atoms with E-state index < -0.39 is 0 Å². The number of nitrogens with two attached hydrogens (primary N) is 1. The molecule has 6 heteroatoms. The van der Waals surface area contributed by atoms with Gasteiger partial charge >= 0.3 is 0 Å². The highest BCUT2D eigenvalue weighted by atomic mass is 15.2. The third-order valence-corrected chi connectivity index (χ3v) is 5.82. The van der Waals surface area contributed by atoms with Gasteiger partial charge in [-0.2, -0.15) is 0 Å². The summed E-state index contributed by atoms with van der Waals surface area (Å²) in [6.45, 7) is 28.5. The van der Waals surface area contributed by atoms with Gasteiger partial charge in [-0.3, -0.25) is 4.90 Å². The highest BCUT2D eigenvalue weighted by Gasteiger charge is 2.12. The van der Waals surface area contributed by atoms with Gasteiger partial charge < -0.3 is 25.8 Å². The Bertz CT molecular complexity index is 343. The van der Waals surface area contributed by atoms with Crippen molar-refractivity contribution in [2.75, 3.05) is 98.2 Å². The molecule has 0 radical (unpaired) electrons. The molecule has 0 rings (SSSR count). The van der Waals surface area contributed by atoms with Crippen LogP contribution >= 0.6 is 0 Å². The normalized spacial score (nSPS) is 12.2. The van der Waals surface area contributed by atoms with Gasteiger partial charge in [0, 0.05) is 65.4 Å². The molecule has 0 aliphatic heterocycles. The fourth-order valence-corrected chi connectivity index (χ4v) is 4.24. The summed E-state index contributed by atoms with van der Waals surface area (Å²) in [4.78, 5) is 10.6. The van der Waals surface area contributed by atoms with Crippen molar-refractivity contribution in [3.05, 3.63) is 0 Å². The summed E-state index contributed by atoms with van der Waals surface area (Å²) < 4.78 is 0. The molecule has 6 nitrogen and oxygen atoms in total. The molecule has 31 heavy (non-hydrogen) atoms. The average Bonchev–Trinajstić information content (AvgIpc) is 2.76. The van der Waals surface area contributed by atoms with Crippen molar-refractivity contribution in [1.29, 1.82) is 0 Å². The third kappa shape index (κ3) is 17.9. The highest BCUT2D eigenvalue weighted by molar-refractivity contribution is 4.69. The highest BCUT2D eigenvalue weighted by Crippen LogP contribution is 2.01. The van der Waals surface area contributed by atoms with E-state index in [-0.39, 0.29) is 0 Å². The standard InChI is InChI=1S/C25H58N6/c1-6-14-28(15-7-2)20-22-30(18-10-5)23-25-31(19-13-27-12-11-26)24-21-29(16-8-3)17-9-4/h27H,6-26H2,1-5H3. The average molecular weight is 443 g/mol. The third-order valence-electron chi connectivity index (χ3n) is 5.82. The van der Waals surface area contributed by atoms with E-state index in [0.29, 0.717) is 0 Å². The van der Waals surface area contributed by atoms with Crippen LogP contribution in [0, 0.1) is 0 Å². The lowest BCUT2D eigenvalue weighted by Crippen LogP contribution is -2.44. The number of nitrogens with zero attached hydrogens (tertiary/aromatic N) is 4. The largest absolute Gasteiger partial charge is 0.329 e. The maximum absolute atomic E-state index is 5.65. The van der Waals surface area contributed by atoms with Crippen LogP contribution in [0.2, 0.25) is 0 Å². The summed E-state index contributed by atoms with van der Waals surface area (Å²) in [6, 6.07) is 0. The van der Waals surface area contributed by atoms with Crippen LogP contribution in [0.15, 0.2) is 0 Å². The van der Waals surface area contributed by atoms with Crippen molar-refractivity contribution in [3.63, 3.8) is 0 Å². The van der Waals surface area contributed by atoms with Crippen molar-refractivity contribution >= 4 is 0 Å². The van der Waals surface area contributed by atoms with Crippen LogP contribution in [-0.2, 0) is 0 Å². The predicted octanol–water partition coefficient (Wildman–Crippen LogP) is 2.79. The zero-order chi connectivity index (χ0) is 23.2. The van der Waals surface area contributed by atoms with E-state index in [4.69, 9.17) is 5.73 Å². The van der Waals surface area contributed by atoms with Gasteiger partial charge in [0.05, 0.1) is 0 Å². The maximum atomic E-state index is 5.65. The van der Waals surface area contributed by atoms with E-state index >= 15 is 0 Å². The van der Waals surface area contributed by atoms with E-state index in [0.717, 1.165) is 32.7 Å². The second kappa shape index (κ2) is 22.9. The summed E-state index contributed by atoms with van der Waals surface area (Å²) in [6.07, 6.45) is 6.23. The quantitative estimate of drug-likeness (QED) is 0.224. The molecular formula is C25H58N6. The minimum atomic E-state index is 0.719. The molecule has 0 saturated heterocycles. The van der Waals surface area contributed by atoms with E-state index in [2.05, 4.69) is 59.5 Å². The molecule has 0 aliphatic rings. The number of hydrogen-bond donors (Lipinski definition) is 2. The Morgan fingerprint density at radius 1 is 0.419 bits per heavy atom. The Hall–Kier alpha value is -0.240. The molecule has 188 valence electrons. The van der Waals surface area contributed by atoms with Gasteiger partial charge in [-0.05, 0) is 64.8 Å². The van der Waals surface area contributed by atoms with Crippen LogP contribution in [0.3, 0.4) is 0 Å². The predicted molar refractivity (Wildman–Crippen MR) is 139 cm³/mol. The Morgan fingerprint density at radius 3 is 1.00 bits per heavy atom. The molecule has 0 aliphatic carbocycles. The van der Waals surface area contributed by atoms with E-state index in [1.165, 1.54) is 97.6 Å². The Balaban J connectivity index is 4.69. The summed E-state index contributed by atoms with van der Waals surface area (Å²) in [5.41, 5.74) is 5.65. The molecular weight excluding hydrogens is 384 g/mol. The first kappa shape index (κ1) is 30.8. The molecule has 0 aromatic carbocycles. The molecule has 0 aromatic heterocycles. The van der Waals surface area contributed by atoms with Crippen molar-refractivity contribution < 1.29 is 0 Å². The Labute approximate surface area is 195 Å². The smallest absolute Gasteiger partial charge is 0.0110 e. The molecule has 0 unspecified atom stereocenters. The van der Waals surface area contributed by atoms with Gasteiger partial charge in [0.1, 0.15) is 0 Å². The van der Waals surface area contributed by atoms with Crippen molar-refractivity contribution in [3.8, 4) is 0 Å². The summed E-state index contributed by atoms with van der Waals surface area (Å²) >= 11 is 0. The lowest BCUT2D eigenvalue weighted by Gasteiger charge is -2.31. The fourth-order valence-electron chi connectivity index (χ4n) is 4.24. The zero-order valence-corrected chi connectivity index (χ0v) is 22.0. The van der Waals surface area contributed by atoms with Crippen LogP contribution in [0.1, 0.15) is 66.7 Å². The maximum Gasteiger partial charge on any atom is 0.0110 e. The molecule has 0 fully saturated rings. The minimum Gasteiger partial charge on any atom is -0.329 e. The van der Waals surface area contributed by atoms with Crippen LogP contribution in [0.25, 0.3) is 0 Å². The first-order valence-electron chi connectivity index (χ1n) is 13.4. The van der Waals surface area contributed by atoms with Gasteiger partial charge in [0.15, 0.2) is 0 Å². The van der Waals surface area contributed by atoms with Crippen molar-refractivity contribution in [1.82, 2.24) is 24.9 Å². The van der Waals surface area contributed by atoms with Crippen molar-refractivity contribution in [2.45, 2.75) is 66.7 Å². The second-order valence-electron chi connectivity index (χ2n) is 8.91. The van der Waals surface area contributed by atoms with Crippen LogP contribution < -0.4 is 11.1 Å². The van der Waals surface area contributed by atoms with Gasteiger partial charge in [0.2, 0.25) is 0 Å². The Morgan fingerprint density at radius 2 is 0.710 bits per heavy atom. The van der Waals surface area contributed by atoms with Crippen LogP contribution in [-0.4, -0.2) is 118 Å². The monoisotopic (exact) mass is 442 g/mol. The lowest BCUT2D eigenvalue weighted by atomic mass is 10.3. The zero-order valence-electron chi connectivity index (χ0n) is 22.0. The molecule has 0 amide bonds. The number of rotatable bonds is 24. The van der Waals surface area contributed by atoms with Gasteiger partial charge in [-0.1, -0.05) is 34.6 Å². The topological polar surface area (TPSA) is 51.0 Å². The molecule has 0 bridgehead atoms. The number of hydrogen-bond acceptors (Lipinski definition) is 6. The lowest BCUT2D eigenvalue weighted by molar-refractivity contribution is 0.161. The van der Waals surface area contributed by atoms with E-state index in [1.54, 1.807) is 0 Å². The molecule has 0 aromatic rings. The molecule has 0 atom stereocenters. The summed E-state index contributed by atoms with van der Waals surface area (Å²) in [5, 5.41) is 3.48. The molecule has 0 saturated carbocycles. The minimum absolute atomic E-state index is 0.719. The molecule has 0 heterocycles.